The van der Waals surface area contributed by atoms with Gasteiger partial charge in [0.25, 0.3) is 0 Å². The maximum atomic E-state index is 10.7. The van der Waals surface area contributed by atoms with E-state index in [4.69, 9.17) is 10.9 Å². The van der Waals surface area contributed by atoms with E-state index in [2.05, 4.69) is 10.5 Å². The highest BCUT2D eigenvalue weighted by Gasteiger charge is 2.24. The molecule has 5 heteroatoms. The fourth-order valence-corrected chi connectivity index (χ4v) is 2.53. The predicted molar refractivity (Wildman–Crippen MR) is 74.5 cm³/mol. The number of rotatable bonds is 4. The highest BCUT2D eigenvalue weighted by molar-refractivity contribution is 5.97. The summed E-state index contributed by atoms with van der Waals surface area (Å²) in [6.07, 6.45) is 3.92. The Morgan fingerprint density at radius 1 is 1.53 bits per heavy atom. The second kappa shape index (κ2) is 5.73. The molecular weight excluding hydrogens is 242 g/mol. The van der Waals surface area contributed by atoms with Crippen molar-refractivity contribution in [1.82, 2.24) is 0 Å². The minimum absolute atomic E-state index is 0.108. The number of anilines is 1. The summed E-state index contributed by atoms with van der Waals surface area (Å²) in [4.78, 5) is 10.7. The quantitative estimate of drug-likeness (QED) is 0.254. The van der Waals surface area contributed by atoms with E-state index in [-0.39, 0.29) is 11.8 Å². The number of benzene rings is 1. The first-order chi connectivity index (χ1) is 9.13. The van der Waals surface area contributed by atoms with Crippen LogP contribution >= 0.6 is 0 Å². The van der Waals surface area contributed by atoms with Crippen molar-refractivity contribution in [3.8, 4) is 0 Å². The Kier molecular flexibility index (Phi) is 4.04. The van der Waals surface area contributed by atoms with Crippen molar-refractivity contribution in [3.05, 3.63) is 29.3 Å². The van der Waals surface area contributed by atoms with Crippen molar-refractivity contribution in [2.45, 2.75) is 32.2 Å². The molecule has 0 unspecified atom stereocenters. The highest BCUT2D eigenvalue weighted by atomic mass is 16.4. The molecule has 1 aromatic carbocycles. The summed E-state index contributed by atoms with van der Waals surface area (Å²) in [5.74, 6) is 0.297. The molecule has 19 heavy (non-hydrogen) atoms. The number of hydrogen-bond donors (Lipinski definition) is 3. The fourth-order valence-electron chi connectivity index (χ4n) is 2.53. The van der Waals surface area contributed by atoms with E-state index in [1.165, 1.54) is 0 Å². The maximum absolute atomic E-state index is 10.7. The van der Waals surface area contributed by atoms with Crippen LogP contribution in [-0.4, -0.2) is 23.4 Å². The monoisotopic (exact) mass is 261 g/mol. The van der Waals surface area contributed by atoms with E-state index in [1.807, 2.05) is 25.1 Å². The Labute approximate surface area is 112 Å². The molecule has 0 saturated heterocycles. The molecule has 1 aliphatic carbocycles. The van der Waals surface area contributed by atoms with E-state index in [9.17, 15) is 4.79 Å². The van der Waals surface area contributed by atoms with Crippen molar-refractivity contribution in [2.24, 2.45) is 16.8 Å². The molecule has 0 amide bonds. The first kappa shape index (κ1) is 13.4. The predicted octanol–water partition coefficient (Wildman–Crippen LogP) is 1.87. The van der Waals surface area contributed by atoms with Crippen LogP contribution in [0, 0.1) is 12.8 Å². The van der Waals surface area contributed by atoms with Crippen LogP contribution < -0.4 is 11.1 Å². The summed E-state index contributed by atoms with van der Waals surface area (Å²) in [5, 5.41) is 15.1. The topological polar surface area (TPSA) is 87.7 Å². The van der Waals surface area contributed by atoms with Gasteiger partial charge in [0.1, 0.15) is 6.29 Å². The smallest absolute Gasteiger partial charge is 0.170 e. The average Bonchev–Trinajstić information content (AvgIpc) is 2.88. The molecule has 0 heterocycles. The lowest BCUT2D eigenvalue weighted by atomic mass is 10.1. The van der Waals surface area contributed by atoms with Gasteiger partial charge in [-0.15, -0.1) is 0 Å². The Balaban J connectivity index is 2.08. The number of carbonyl (C=O) groups is 1. The molecule has 1 aromatic rings. The van der Waals surface area contributed by atoms with Crippen LogP contribution in [0.15, 0.2) is 23.4 Å². The Bertz CT molecular complexity index is 499. The number of aldehydes is 1. The van der Waals surface area contributed by atoms with Gasteiger partial charge in [-0.1, -0.05) is 5.16 Å². The number of nitrogens with one attached hydrogen (secondary N) is 1. The minimum Gasteiger partial charge on any atom is -0.409 e. The molecule has 4 N–H and O–H groups in total. The van der Waals surface area contributed by atoms with Crippen LogP contribution in [0.3, 0.4) is 0 Å². The van der Waals surface area contributed by atoms with Crippen molar-refractivity contribution < 1.29 is 10.0 Å². The van der Waals surface area contributed by atoms with E-state index in [0.29, 0.717) is 11.6 Å². The Hall–Kier alpha value is -2.04. The van der Waals surface area contributed by atoms with Crippen molar-refractivity contribution >= 4 is 17.8 Å². The molecule has 1 saturated carbocycles. The standard InChI is InChI=1S/C14H19N3O2/c1-9-6-11(14(15)17-19)3-5-13(9)16-12-4-2-10(7-12)8-18/h3,5-6,8,10,12,16,19H,2,4,7H2,1H3,(H2,15,17)/t10-,12+/m1/s1. The largest absolute Gasteiger partial charge is 0.409 e. The van der Waals surface area contributed by atoms with Crippen LogP contribution in [0.5, 0.6) is 0 Å². The van der Waals surface area contributed by atoms with Crippen LogP contribution in [0.1, 0.15) is 30.4 Å². The molecule has 0 aliphatic heterocycles. The van der Waals surface area contributed by atoms with Crippen LogP contribution in [0.2, 0.25) is 0 Å². The molecule has 2 atom stereocenters. The SMILES string of the molecule is Cc1cc(/C(N)=N/O)ccc1N[C@H]1CC[C@@H](C=O)C1. The number of nitrogens with zero attached hydrogens (tertiary/aromatic N) is 1. The van der Waals surface area contributed by atoms with Gasteiger partial charge in [0.15, 0.2) is 5.84 Å². The second-order valence-corrected chi connectivity index (χ2v) is 5.07. The Morgan fingerprint density at radius 2 is 2.32 bits per heavy atom. The molecular formula is C14H19N3O2. The van der Waals surface area contributed by atoms with Gasteiger partial charge in [-0.25, -0.2) is 0 Å². The van der Waals surface area contributed by atoms with Crippen LogP contribution in [-0.2, 0) is 4.79 Å². The maximum Gasteiger partial charge on any atom is 0.170 e. The van der Waals surface area contributed by atoms with Gasteiger partial charge >= 0.3 is 0 Å². The van der Waals surface area contributed by atoms with E-state index in [0.717, 1.165) is 36.8 Å². The molecule has 0 spiro atoms. The first-order valence-electron chi connectivity index (χ1n) is 6.44. The molecule has 5 nitrogen and oxygen atoms in total. The minimum atomic E-state index is 0.108. The number of carbonyl (C=O) groups excluding carboxylic acids is 1. The van der Waals surface area contributed by atoms with Gasteiger partial charge in [-0.05, 0) is 49.9 Å². The van der Waals surface area contributed by atoms with Crippen LogP contribution in [0.25, 0.3) is 0 Å². The van der Waals surface area contributed by atoms with Gasteiger partial charge in [-0.2, -0.15) is 0 Å². The summed E-state index contributed by atoms with van der Waals surface area (Å²) in [5.41, 5.74) is 8.32. The lowest BCUT2D eigenvalue weighted by Crippen LogP contribution is -2.17. The van der Waals surface area contributed by atoms with E-state index >= 15 is 0 Å². The fraction of sp³-hybridized carbons (Fsp3) is 0.429. The van der Waals surface area contributed by atoms with E-state index in [1.54, 1.807) is 0 Å². The molecule has 0 radical (unpaired) electrons. The van der Waals surface area contributed by atoms with Gasteiger partial charge in [0.05, 0.1) is 0 Å². The normalized spacial score (nSPS) is 23.3. The number of oxime groups is 1. The third kappa shape index (κ3) is 3.05. The van der Waals surface area contributed by atoms with Crippen molar-refractivity contribution in [3.63, 3.8) is 0 Å². The summed E-state index contributed by atoms with van der Waals surface area (Å²) in [6, 6.07) is 5.97. The summed E-state index contributed by atoms with van der Waals surface area (Å²) in [7, 11) is 0. The molecule has 0 bridgehead atoms. The molecule has 102 valence electrons. The summed E-state index contributed by atoms with van der Waals surface area (Å²) < 4.78 is 0. The van der Waals surface area contributed by atoms with Gasteiger partial charge in [0, 0.05) is 23.2 Å². The third-order valence-electron chi connectivity index (χ3n) is 3.66. The average molecular weight is 261 g/mol. The second-order valence-electron chi connectivity index (χ2n) is 5.07. The zero-order valence-corrected chi connectivity index (χ0v) is 11.0. The van der Waals surface area contributed by atoms with Gasteiger partial charge in [-0.3, -0.25) is 0 Å². The number of hydrogen-bond acceptors (Lipinski definition) is 4. The molecule has 2 rings (SSSR count). The number of amidine groups is 1. The van der Waals surface area contributed by atoms with Crippen LogP contribution in [0.4, 0.5) is 5.69 Å². The highest BCUT2D eigenvalue weighted by Crippen LogP contribution is 2.28. The lowest BCUT2D eigenvalue weighted by molar-refractivity contribution is -0.110. The number of nitrogens with two attached hydrogens (primary N) is 1. The summed E-state index contributed by atoms with van der Waals surface area (Å²) >= 11 is 0. The molecule has 1 fully saturated rings. The van der Waals surface area contributed by atoms with Crippen molar-refractivity contribution in [2.75, 3.05) is 5.32 Å². The first-order valence-corrected chi connectivity index (χ1v) is 6.44. The number of aryl methyl sites for hydroxylation is 1. The van der Waals surface area contributed by atoms with Crippen molar-refractivity contribution in [1.29, 1.82) is 0 Å². The molecule has 0 aromatic heterocycles. The summed E-state index contributed by atoms with van der Waals surface area (Å²) in [6.45, 7) is 1.97. The van der Waals surface area contributed by atoms with Gasteiger partial charge < -0.3 is 21.1 Å². The zero-order valence-electron chi connectivity index (χ0n) is 11.0. The molecule has 1 aliphatic rings. The zero-order chi connectivity index (χ0) is 13.8. The Morgan fingerprint density at radius 3 is 2.89 bits per heavy atom. The lowest BCUT2D eigenvalue weighted by Gasteiger charge is -2.16. The van der Waals surface area contributed by atoms with Gasteiger partial charge in [0.2, 0.25) is 0 Å². The van der Waals surface area contributed by atoms with E-state index < -0.39 is 0 Å². The third-order valence-corrected chi connectivity index (χ3v) is 3.66.